The summed E-state index contributed by atoms with van der Waals surface area (Å²) in [5.41, 5.74) is 0.579. The summed E-state index contributed by atoms with van der Waals surface area (Å²) in [6, 6.07) is 6.81. The molecule has 0 spiro atoms. The van der Waals surface area contributed by atoms with E-state index >= 15 is 0 Å². The van der Waals surface area contributed by atoms with Gasteiger partial charge in [-0.25, -0.2) is 8.42 Å². The summed E-state index contributed by atoms with van der Waals surface area (Å²) >= 11 is 0. The standard InChI is InChI=1S/C22H35N3O3S/c1-3-13-24(14-4-2)29(27,28)21-11-9-19(10-12-21)22(26)25-17-7-8-20(25)18-23-15-5-6-16-23/h9-12,20H,3-8,13-18H2,1-2H3. The van der Waals surface area contributed by atoms with Crippen molar-refractivity contribution in [2.45, 2.75) is 63.3 Å². The molecule has 0 saturated carbocycles. The molecule has 1 atom stereocenters. The van der Waals surface area contributed by atoms with Gasteiger partial charge in [0.1, 0.15) is 0 Å². The van der Waals surface area contributed by atoms with Crippen molar-refractivity contribution in [3.05, 3.63) is 29.8 Å². The summed E-state index contributed by atoms with van der Waals surface area (Å²) in [6.45, 7) is 9.02. The molecule has 2 aliphatic heterocycles. The van der Waals surface area contributed by atoms with Crippen LogP contribution < -0.4 is 0 Å². The number of hydrogen-bond acceptors (Lipinski definition) is 4. The number of carbonyl (C=O) groups is 1. The smallest absolute Gasteiger partial charge is 0.254 e. The van der Waals surface area contributed by atoms with E-state index in [1.54, 1.807) is 24.3 Å². The molecule has 2 saturated heterocycles. The van der Waals surface area contributed by atoms with Crippen LogP contribution in [0.2, 0.25) is 0 Å². The summed E-state index contributed by atoms with van der Waals surface area (Å²) in [6.07, 6.45) is 6.16. The van der Waals surface area contributed by atoms with Crippen molar-refractivity contribution >= 4 is 15.9 Å². The molecule has 7 heteroatoms. The first-order chi connectivity index (χ1) is 14.0. The number of rotatable bonds is 9. The molecule has 0 aliphatic carbocycles. The average molecular weight is 422 g/mol. The van der Waals surface area contributed by atoms with Crippen molar-refractivity contribution in [2.24, 2.45) is 0 Å². The van der Waals surface area contributed by atoms with Crippen LogP contribution in [0.3, 0.4) is 0 Å². The van der Waals surface area contributed by atoms with Gasteiger partial charge in [0.2, 0.25) is 10.0 Å². The number of carbonyl (C=O) groups excluding carboxylic acids is 1. The fraction of sp³-hybridized carbons (Fsp3) is 0.682. The summed E-state index contributed by atoms with van der Waals surface area (Å²) in [5.74, 6) is 0.0228. The Labute approximate surface area is 175 Å². The highest BCUT2D eigenvalue weighted by Crippen LogP contribution is 2.24. The van der Waals surface area contributed by atoms with Crippen LogP contribution >= 0.6 is 0 Å². The maximum atomic E-state index is 13.1. The van der Waals surface area contributed by atoms with Gasteiger partial charge in [-0.3, -0.25) is 4.79 Å². The second-order valence-electron chi connectivity index (χ2n) is 8.23. The molecule has 29 heavy (non-hydrogen) atoms. The molecule has 6 nitrogen and oxygen atoms in total. The van der Waals surface area contributed by atoms with Gasteiger partial charge in [-0.2, -0.15) is 4.31 Å². The first-order valence-electron chi connectivity index (χ1n) is 11.1. The van der Waals surface area contributed by atoms with Gasteiger partial charge >= 0.3 is 0 Å². The van der Waals surface area contributed by atoms with Crippen molar-refractivity contribution in [2.75, 3.05) is 39.3 Å². The zero-order valence-electron chi connectivity index (χ0n) is 17.8. The lowest BCUT2D eigenvalue weighted by molar-refractivity contribution is 0.0708. The highest BCUT2D eigenvalue weighted by atomic mass is 32.2. The molecule has 162 valence electrons. The predicted molar refractivity (Wildman–Crippen MR) is 116 cm³/mol. The largest absolute Gasteiger partial charge is 0.334 e. The van der Waals surface area contributed by atoms with Crippen molar-refractivity contribution < 1.29 is 13.2 Å². The van der Waals surface area contributed by atoms with Crippen molar-refractivity contribution in [3.8, 4) is 0 Å². The van der Waals surface area contributed by atoms with Gasteiger partial charge in [-0.15, -0.1) is 0 Å². The van der Waals surface area contributed by atoms with E-state index in [9.17, 15) is 13.2 Å². The number of likely N-dealkylation sites (tertiary alicyclic amines) is 2. The summed E-state index contributed by atoms with van der Waals surface area (Å²) in [7, 11) is -3.51. The van der Waals surface area contributed by atoms with Gasteiger partial charge in [-0.05, 0) is 75.9 Å². The molecule has 1 unspecified atom stereocenters. The zero-order chi connectivity index (χ0) is 20.9. The number of amides is 1. The Kier molecular flexibility index (Phi) is 7.71. The van der Waals surface area contributed by atoms with Crippen molar-refractivity contribution in [1.82, 2.24) is 14.1 Å². The van der Waals surface area contributed by atoms with E-state index in [1.807, 2.05) is 18.7 Å². The van der Waals surface area contributed by atoms with E-state index in [1.165, 1.54) is 17.1 Å². The minimum absolute atomic E-state index is 0.0228. The van der Waals surface area contributed by atoms with Gasteiger partial charge in [0.05, 0.1) is 4.90 Å². The molecular formula is C22H35N3O3S. The molecule has 2 aliphatic rings. The Morgan fingerprint density at radius 2 is 1.62 bits per heavy atom. The lowest BCUT2D eigenvalue weighted by Gasteiger charge is -2.28. The average Bonchev–Trinajstić information content (AvgIpc) is 3.40. The van der Waals surface area contributed by atoms with Gasteiger partial charge in [-0.1, -0.05) is 13.8 Å². The molecule has 0 bridgehead atoms. The third kappa shape index (κ3) is 5.19. The molecule has 2 heterocycles. The molecule has 1 aromatic carbocycles. The maximum absolute atomic E-state index is 13.1. The van der Waals surface area contributed by atoms with Crippen LogP contribution in [0.25, 0.3) is 0 Å². The Bertz CT molecular complexity index is 767. The summed E-state index contributed by atoms with van der Waals surface area (Å²) in [4.78, 5) is 17.8. The third-order valence-electron chi connectivity index (χ3n) is 5.99. The molecule has 0 N–H and O–H groups in total. The number of hydrogen-bond donors (Lipinski definition) is 0. The van der Waals surface area contributed by atoms with E-state index in [0.29, 0.717) is 18.7 Å². The predicted octanol–water partition coefficient (Wildman–Crippen LogP) is 3.20. The third-order valence-corrected chi connectivity index (χ3v) is 7.90. The van der Waals surface area contributed by atoms with E-state index in [-0.39, 0.29) is 16.8 Å². The Morgan fingerprint density at radius 3 is 2.21 bits per heavy atom. The van der Waals surface area contributed by atoms with Gasteiger partial charge in [0.25, 0.3) is 5.91 Å². The molecular weight excluding hydrogens is 386 g/mol. The molecule has 0 aromatic heterocycles. The van der Waals surface area contributed by atoms with Crippen molar-refractivity contribution in [1.29, 1.82) is 0 Å². The molecule has 3 rings (SSSR count). The van der Waals surface area contributed by atoms with Crippen LogP contribution in [0.5, 0.6) is 0 Å². The fourth-order valence-electron chi connectivity index (χ4n) is 4.49. The molecule has 2 fully saturated rings. The van der Waals surface area contributed by atoms with Crippen LogP contribution in [0.15, 0.2) is 29.2 Å². The Hall–Kier alpha value is -1.44. The van der Waals surface area contributed by atoms with Gasteiger partial charge in [0, 0.05) is 37.8 Å². The van der Waals surface area contributed by atoms with E-state index in [0.717, 1.165) is 51.9 Å². The Balaban J connectivity index is 1.70. The molecule has 1 aromatic rings. The van der Waals surface area contributed by atoms with Gasteiger partial charge in [0.15, 0.2) is 0 Å². The van der Waals surface area contributed by atoms with Crippen molar-refractivity contribution in [3.63, 3.8) is 0 Å². The second-order valence-corrected chi connectivity index (χ2v) is 10.2. The van der Waals surface area contributed by atoms with E-state index < -0.39 is 10.0 Å². The van der Waals surface area contributed by atoms with Crippen LogP contribution in [0.4, 0.5) is 0 Å². The highest BCUT2D eigenvalue weighted by Gasteiger charge is 2.31. The maximum Gasteiger partial charge on any atom is 0.254 e. The van der Waals surface area contributed by atoms with Crippen LogP contribution in [-0.4, -0.2) is 73.7 Å². The fourth-order valence-corrected chi connectivity index (χ4v) is 6.12. The lowest BCUT2D eigenvalue weighted by Crippen LogP contribution is -2.42. The topological polar surface area (TPSA) is 60.9 Å². The lowest BCUT2D eigenvalue weighted by atomic mass is 10.1. The first kappa shape index (κ1) is 22.2. The quantitative estimate of drug-likeness (QED) is 0.614. The van der Waals surface area contributed by atoms with Crippen LogP contribution in [0.1, 0.15) is 62.7 Å². The van der Waals surface area contributed by atoms with Gasteiger partial charge < -0.3 is 9.80 Å². The van der Waals surface area contributed by atoms with E-state index in [4.69, 9.17) is 0 Å². The highest BCUT2D eigenvalue weighted by molar-refractivity contribution is 7.89. The number of sulfonamides is 1. The normalized spacial score (nSPS) is 20.7. The Morgan fingerprint density at radius 1 is 1.00 bits per heavy atom. The molecule has 1 amide bonds. The van der Waals surface area contributed by atoms with Crippen LogP contribution in [0, 0.1) is 0 Å². The second kappa shape index (κ2) is 10.0. The minimum Gasteiger partial charge on any atom is -0.334 e. The minimum atomic E-state index is -3.51. The van der Waals surface area contributed by atoms with E-state index in [2.05, 4.69) is 4.90 Å². The zero-order valence-corrected chi connectivity index (χ0v) is 18.7. The summed E-state index contributed by atoms with van der Waals surface area (Å²) < 4.78 is 27.4. The van der Waals surface area contributed by atoms with Crippen LogP contribution in [-0.2, 0) is 10.0 Å². The number of benzene rings is 1. The number of nitrogens with zero attached hydrogens (tertiary/aromatic N) is 3. The SMILES string of the molecule is CCCN(CCC)S(=O)(=O)c1ccc(C(=O)N2CCCC2CN2CCCC2)cc1. The molecule has 0 radical (unpaired) electrons. The summed E-state index contributed by atoms with van der Waals surface area (Å²) in [5, 5.41) is 0. The monoisotopic (exact) mass is 421 g/mol. The first-order valence-corrected chi connectivity index (χ1v) is 12.5.